The molecule has 0 aliphatic heterocycles. The molecule has 0 atom stereocenters. The van der Waals surface area contributed by atoms with Gasteiger partial charge in [-0.15, -0.1) is 11.3 Å². The van der Waals surface area contributed by atoms with Crippen LogP contribution in [0.4, 0.5) is 5.69 Å². The summed E-state index contributed by atoms with van der Waals surface area (Å²) in [6.45, 7) is 4.08. The van der Waals surface area contributed by atoms with Crippen molar-refractivity contribution in [1.29, 1.82) is 0 Å². The third-order valence-electron chi connectivity index (χ3n) is 3.57. The summed E-state index contributed by atoms with van der Waals surface area (Å²) in [4.78, 5) is 20.9. The van der Waals surface area contributed by atoms with E-state index in [-0.39, 0.29) is 12.3 Å². The zero-order chi connectivity index (χ0) is 16.2. The molecule has 1 N–H and O–H groups in total. The molecule has 0 spiro atoms. The van der Waals surface area contributed by atoms with Crippen molar-refractivity contribution in [1.82, 2.24) is 9.97 Å². The monoisotopic (exact) mass is 323 g/mol. The molecule has 4 nitrogen and oxygen atoms in total. The lowest BCUT2D eigenvalue weighted by atomic mass is 10.1. The maximum atomic E-state index is 12.2. The first-order chi connectivity index (χ1) is 11.1. The second-order valence-electron chi connectivity index (χ2n) is 5.38. The standard InChI is InChI=1S/C18H17N3OS/c1-12-6-7-14(9-13(12)2)20-17(22)10-15-11-23-18(21-15)16-5-3-4-8-19-16/h3-9,11H,10H2,1-2H3,(H,20,22). The molecule has 3 aromatic rings. The van der Waals surface area contributed by atoms with Crippen LogP contribution >= 0.6 is 11.3 Å². The third-order valence-corrected chi connectivity index (χ3v) is 4.48. The number of aromatic nitrogens is 2. The van der Waals surface area contributed by atoms with Gasteiger partial charge in [-0.2, -0.15) is 0 Å². The van der Waals surface area contributed by atoms with E-state index in [1.807, 2.05) is 48.7 Å². The van der Waals surface area contributed by atoms with Crippen LogP contribution in [0.1, 0.15) is 16.8 Å². The number of nitrogens with one attached hydrogen (secondary N) is 1. The third kappa shape index (κ3) is 3.81. The number of carbonyl (C=O) groups excluding carboxylic acids is 1. The number of amides is 1. The summed E-state index contributed by atoms with van der Waals surface area (Å²) in [5, 5.41) is 5.66. The number of hydrogen-bond acceptors (Lipinski definition) is 4. The normalized spacial score (nSPS) is 10.5. The number of aryl methyl sites for hydroxylation is 2. The number of pyridine rings is 1. The van der Waals surface area contributed by atoms with Gasteiger partial charge in [0.25, 0.3) is 0 Å². The second-order valence-corrected chi connectivity index (χ2v) is 6.24. The summed E-state index contributed by atoms with van der Waals surface area (Å²) in [7, 11) is 0. The van der Waals surface area contributed by atoms with E-state index in [4.69, 9.17) is 0 Å². The van der Waals surface area contributed by atoms with Crippen LogP contribution in [0, 0.1) is 13.8 Å². The minimum absolute atomic E-state index is 0.0638. The Bertz CT molecular complexity index is 827. The minimum Gasteiger partial charge on any atom is -0.326 e. The van der Waals surface area contributed by atoms with Crippen molar-refractivity contribution < 1.29 is 4.79 Å². The van der Waals surface area contributed by atoms with Gasteiger partial charge in [0.05, 0.1) is 17.8 Å². The Kier molecular flexibility index (Phi) is 4.48. The van der Waals surface area contributed by atoms with Crippen LogP contribution in [0.25, 0.3) is 10.7 Å². The van der Waals surface area contributed by atoms with Crippen molar-refractivity contribution >= 4 is 22.9 Å². The lowest BCUT2D eigenvalue weighted by molar-refractivity contribution is -0.115. The Hall–Kier alpha value is -2.53. The van der Waals surface area contributed by atoms with Crippen LogP contribution in [0.2, 0.25) is 0 Å². The quantitative estimate of drug-likeness (QED) is 0.789. The molecular weight excluding hydrogens is 306 g/mol. The van der Waals surface area contributed by atoms with E-state index in [0.29, 0.717) is 0 Å². The molecule has 5 heteroatoms. The molecular formula is C18H17N3OS. The summed E-state index contributed by atoms with van der Waals surface area (Å²) < 4.78 is 0. The first-order valence-corrected chi connectivity index (χ1v) is 8.23. The van der Waals surface area contributed by atoms with Gasteiger partial charge < -0.3 is 5.32 Å². The fourth-order valence-corrected chi connectivity index (χ4v) is 2.98. The molecule has 2 aromatic heterocycles. The molecule has 0 radical (unpaired) electrons. The summed E-state index contributed by atoms with van der Waals surface area (Å²) in [6.07, 6.45) is 2.00. The molecule has 0 unspecified atom stereocenters. The van der Waals surface area contributed by atoms with Crippen molar-refractivity contribution in [3.8, 4) is 10.7 Å². The molecule has 2 heterocycles. The Balaban J connectivity index is 1.66. The average molecular weight is 323 g/mol. The van der Waals surface area contributed by atoms with Crippen molar-refractivity contribution in [3.05, 3.63) is 64.8 Å². The van der Waals surface area contributed by atoms with E-state index in [9.17, 15) is 4.79 Å². The molecule has 1 aromatic carbocycles. The van der Waals surface area contributed by atoms with Crippen LogP contribution in [-0.2, 0) is 11.2 Å². The Morgan fingerprint density at radius 2 is 2.04 bits per heavy atom. The van der Waals surface area contributed by atoms with Gasteiger partial charge in [0.1, 0.15) is 5.01 Å². The first kappa shape index (κ1) is 15.4. The van der Waals surface area contributed by atoms with Crippen molar-refractivity contribution in [2.75, 3.05) is 5.32 Å². The van der Waals surface area contributed by atoms with Crippen LogP contribution in [0.3, 0.4) is 0 Å². The SMILES string of the molecule is Cc1ccc(NC(=O)Cc2csc(-c3ccccn3)n2)cc1C. The minimum atomic E-state index is -0.0638. The number of rotatable bonds is 4. The Morgan fingerprint density at radius 1 is 1.17 bits per heavy atom. The highest BCUT2D eigenvalue weighted by molar-refractivity contribution is 7.13. The fraction of sp³-hybridized carbons (Fsp3) is 0.167. The molecule has 23 heavy (non-hydrogen) atoms. The van der Waals surface area contributed by atoms with E-state index in [2.05, 4.69) is 22.2 Å². The van der Waals surface area contributed by atoms with E-state index >= 15 is 0 Å². The van der Waals surface area contributed by atoms with Gasteiger partial charge >= 0.3 is 0 Å². The molecule has 0 fully saturated rings. The highest BCUT2D eigenvalue weighted by Gasteiger charge is 2.10. The number of anilines is 1. The van der Waals surface area contributed by atoms with Crippen LogP contribution in [0.5, 0.6) is 0 Å². The molecule has 3 rings (SSSR count). The smallest absolute Gasteiger partial charge is 0.230 e. The molecule has 0 aliphatic rings. The van der Waals surface area contributed by atoms with Crippen LogP contribution in [0.15, 0.2) is 48.0 Å². The lowest BCUT2D eigenvalue weighted by Crippen LogP contribution is -2.14. The number of benzene rings is 1. The number of nitrogens with zero attached hydrogens (tertiary/aromatic N) is 2. The average Bonchev–Trinajstić information content (AvgIpc) is 3.00. The maximum absolute atomic E-state index is 12.2. The van der Waals surface area contributed by atoms with Crippen molar-refractivity contribution in [2.24, 2.45) is 0 Å². The van der Waals surface area contributed by atoms with Gasteiger partial charge in [-0.25, -0.2) is 4.98 Å². The zero-order valence-corrected chi connectivity index (χ0v) is 13.9. The highest BCUT2D eigenvalue weighted by Crippen LogP contribution is 2.22. The van der Waals surface area contributed by atoms with E-state index in [1.54, 1.807) is 6.20 Å². The van der Waals surface area contributed by atoms with Crippen molar-refractivity contribution in [2.45, 2.75) is 20.3 Å². The number of thiazole rings is 1. The van der Waals surface area contributed by atoms with Gasteiger partial charge in [0, 0.05) is 17.3 Å². The van der Waals surface area contributed by atoms with Gasteiger partial charge in [0.2, 0.25) is 5.91 Å². The van der Waals surface area contributed by atoms with Crippen molar-refractivity contribution in [3.63, 3.8) is 0 Å². The topological polar surface area (TPSA) is 54.9 Å². The summed E-state index contributed by atoms with van der Waals surface area (Å²) >= 11 is 1.50. The van der Waals surface area contributed by atoms with E-state index in [1.165, 1.54) is 16.9 Å². The summed E-state index contributed by atoms with van der Waals surface area (Å²) in [5.41, 5.74) is 4.78. The lowest BCUT2D eigenvalue weighted by Gasteiger charge is -2.06. The predicted octanol–water partition coefficient (Wildman–Crippen LogP) is 4.00. The number of hydrogen-bond donors (Lipinski definition) is 1. The van der Waals surface area contributed by atoms with E-state index < -0.39 is 0 Å². The first-order valence-electron chi connectivity index (χ1n) is 7.35. The molecule has 0 aliphatic carbocycles. The Labute approximate surface area is 139 Å². The number of carbonyl (C=O) groups is 1. The highest BCUT2D eigenvalue weighted by atomic mass is 32.1. The molecule has 0 saturated carbocycles. The molecule has 116 valence electrons. The van der Waals surface area contributed by atoms with Gasteiger partial charge in [0.15, 0.2) is 0 Å². The van der Waals surface area contributed by atoms with Crippen LogP contribution in [-0.4, -0.2) is 15.9 Å². The summed E-state index contributed by atoms with van der Waals surface area (Å²) in [6, 6.07) is 11.6. The maximum Gasteiger partial charge on any atom is 0.230 e. The Morgan fingerprint density at radius 3 is 2.78 bits per heavy atom. The largest absolute Gasteiger partial charge is 0.326 e. The molecule has 0 bridgehead atoms. The van der Waals surface area contributed by atoms with Gasteiger partial charge in [-0.1, -0.05) is 12.1 Å². The van der Waals surface area contributed by atoms with E-state index in [0.717, 1.165) is 27.6 Å². The van der Waals surface area contributed by atoms with Gasteiger partial charge in [-0.05, 0) is 49.2 Å². The zero-order valence-electron chi connectivity index (χ0n) is 13.0. The van der Waals surface area contributed by atoms with Crippen LogP contribution < -0.4 is 5.32 Å². The predicted molar refractivity (Wildman–Crippen MR) is 93.6 cm³/mol. The second kappa shape index (κ2) is 6.71. The molecule has 1 amide bonds. The molecule has 0 saturated heterocycles. The summed E-state index contributed by atoms with van der Waals surface area (Å²) in [5.74, 6) is -0.0638. The fourth-order valence-electron chi connectivity index (χ4n) is 2.18. The van der Waals surface area contributed by atoms with Gasteiger partial charge in [-0.3, -0.25) is 9.78 Å².